The summed E-state index contributed by atoms with van der Waals surface area (Å²) in [6.07, 6.45) is 5.77. The third kappa shape index (κ3) is 2.81. The van der Waals surface area contributed by atoms with E-state index in [-0.39, 0.29) is 11.9 Å². The highest BCUT2D eigenvalue weighted by molar-refractivity contribution is 7.17. The maximum absolute atomic E-state index is 12.7. The minimum atomic E-state index is -0.120. The van der Waals surface area contributed by atoms with Crippen LogP contribution in [0.5, 0.6) is 0 Å². The fourth-order valence-corrected chi connectivity index (χ4v) is 4.66. The Morgan fingerprint density at radius 3 is 2.88 bits per heavy atom. The Morgan fingerprint density at radius 1 is 1.42 bits per heavy atom. The van der Waals surface area contributed by atoms with Gasteiger partial charge in [-0.15, -0.1) is 11.3 Å². The maximum atomic E-state index is 12.7. The van der Waals surface area contributed by atoms with E-state index in [1.165, 1.54) is 11.3 Å². The lowest BCUT2D eigenvalue weighted by Crippen LogP contribution is -2.57. The van der Waals surface area contributed by atoms with Crippen molar-refractivity contribution >= 4 is 17.2 Å². The van der Waals surface area contributed by atoms with E-state index < -0.39 is 0 Å². The van der Waals surface area contributed by atoms with Gasteiger partial charge in [0.1, 0.15) is 10.9 Å². The van der Waals surface area contributed by atoms with Crippen LogP contribution in [0.15, 0.2) is 30.6 Å². The first-order valence-corrected chi connectivity index (χ1v) is 9.04. The summed E-state index contributed by atoms with van der Waals surface area (Å²) in [6, 6.07) is 7.94. The molecule has 122 valence electrons. The molecular formula is C18H18N4OS. The molecular weight excluding hydrogens is 320 g/mol. The van der Waals surface area contributed by atoms with Gasteiger partial charge in [0.15, 0.2) is 0 Å². The number of nitriles is 1. The Balaban J connectivity index is 1.56. The van der Waals surface area contributed by atoms with Crippen molar-refractivity contribution in [2.24, 2.45) is 5.92 Å². The second kappa shape index (κ2) is 6.34. The fourth-order valence-electron chi connectivity index (χ4n) is 3.66. The number of amides is 1. The maximum Gasteiger partial charge on any atom is 0.263 e. The van der Waals surface area contributed by atoms with E-state index in [1.807, 2.05) is 12.1 Å². The number of carbonyl (C=O) groups excluding carboxylic acids is 1. The second-order valence-corrected chi connectivity index (χ2v) is 7.48. The summed E-state index contributed by atoms with van der Waals surface area (Å²) in [6.45, 7) is 3.22. The molecule has 24 heavy (non-hydrogen) atoms. The van der Waals surface area contributed by atoms with Crippen molar-refractivity contribution in [3.63, 3.8) is 0 Å². The highest BCUT2D eigenvalue weighted by Crippen LogP contribution is 2.32. The van der Waals surface area contributed by atoms with Crippen molar-refractivity contribution in [2.45, 2.75) is 18.9 Å². The number of rotatable bonds is 3. The SMILES string of the molecule is N#Cc1cc(-c2cccnc2)sc1C(=O)N[C@H]1CN2CCC1CC2. The molecule has 1 amide bonds. The van der Waals surface area contributed by atoms with Gasteiger partial charge >= 0.3 is 0 Å². The van der Waals surface area contributed by atoms with Crippen LogP contribution < -0.4 is 5.32 Å². The van der Waals surface area contributed by atoms with E-state index in [4.69, 9.17) is 0 Å². The van der Waals surface area contributed by atoms with Crippen LogP contribution in [-0.4, -0.2) is 41.5 Å². The molecule has 3 aliphatic heterocycles. The molecule has 3 aliphatic rings. The lowest BCUT2D eigenvalue weighted by molar-refractivity contribution is 0.0622. The zero-order valence-electron chi connectivity index (χ0n) is 13.2. The van der Waals surface area contributed by atoms with E-state index in [1.54, 1.807) is 18.5 Å². The van der Waals surface area contributed by atoms with Crippen molar-refractivity contribution < 1.29 is 4.79 Å². The number of fused-ring (bicyclic) bond motifs is 3. The largest absolute Gasteiger partial charge is 0.347 e. The number of carbonyl (C=O) groups is 1. The molecule has 0 saturated carbocycles. The van der Waals surface area contributed by atoms with Gasteiger partial charge in [-0.05, 0) is 44.0 Å². The number of nitrogens with zero attached hydrogens (tertiary/aromatic N) is 3. The molecule has 0 spiro atoms. The first-order valence-electron chi connectivity index (χ1n) is 8.22. The Hall–Kier alpha value is -2.23. The van der Waals surface area contributed by atoms with Crippen LogP contribution in [0.25, 0.3) is 10.4 Å². The lowest BCUT2D eigenvalue weighted by atomic mass is 9.84. The van der Waals surface area contributed by atoms with E-state index in [0.717, 1.165) is 42.9 Å². The molecule has 2 aromatic heterocycles. The summed E-state index contributed by atoms with van der Waals surface area (Å²) < 4.78 is 0. The normalized spacial score (nSPS) is 25.2. The minimum absolute atomic E-state index is 0.120. The second-order valence-electron chi connectivity index (χ2n) is 6.42. The number of piperidine rings is 3. The molecule has 0 aliphatic carbocycles. The summed E-state index contributed by atoms with van der Waals surface area (Å²) in [4.78, 5) is 20.7. The molecule has 0 radical (unpaired) electrons. The number of thiophene rings is 1. The Kier molecular flexibility index (Phi) is 4.05. The molecule has 5 nitrogen and oxygen atoms in total. The topological polar surface area (TPSA) is 69.0 Å². The van der Waals surface area contributed by atoms with Crippen LogP contribution in [0, 0.1) is 17.2 Å². The lowest BCUT2D eigenvalue weighted by Gasteiger charge is -2.44. The van der Waals surface area contributed by atoms with Crippen molar-refractivity contribution in [2.75, 3.05) is 19.6 Å². The van der Waals surface area contributed by atoms with Crippen LogP contribution >= 0.6 is 11.3 Å². The molecule has 5 rings (SSSR count). The van der Waals surface area contributed by atoms with Gasteiger partial charge in [0.05, 0.1) is 5.56 Å². The molecule has 5 heterocycles. The predicted molar refractivity (Wildman–Crippen MR) is 92.7 cm³/mol. The van der Waals surface area contributed by atoms with Gasteiger partial charge < -0.3 is 10.2 Å². The molecule has 6 heteroatoms. The van der Waals surface area contributed by atoms with E-state index >= 15 is 0 Å². The van der Waals surface area contributed by atoms with Crippen molar-refractivity contribution in [1.29, 1.82) is 5.26 Å². The Labute approximate surface area is 144 Å². The van der Waals surface area contributed by atoms with Gasteiger partial charge in [0, 0.05) is 35.4 Å². The van der Waals surface area contributed by atoms with Gasteiger partial charge in [-0.2, -0.15) is 5.26 Å². The van der Waals surface area contributed by atoms with E-state index in [2.05, 4.69) is 21.3 Å². The molecule has 1 atom stereocenters. The summed E-state index contributed by atoms with van der Waals surface area (Å²) in [7, 11) is 0. The number of aromatic nitrogens is 1. The third-order valence-electron chi connectivity index (χ3n) is 4.98. The van der Waals surface area contributed by atoms with Crippen LogP contribution in [0.3, 0.4) is 0 Å². The fraction of sp³-hybridized carbons (Fsp3) is 0.389. The molecule has 2 aromatic rings. The van der Waals surface area contributed by atoms with Crippen LogP contribution in [-0.2, 0) is 0 Å². The van der Waals surface area contributed by atoms with Crippen LogP contribution in [0.2, 0.25) is 0 Å². The first kappa shape index (κ1) is 15.3. The molecule has 3 saturated heterocycles. The highest BCUT2D eigenvalue weighted by atomic mass is 32.1. The number of hydrogen-bond donors (Lipinski definition) is 1. The van der Waals surface area contributed by atoms with Gasteiger partial charge in [-0.1, -0.05) is 6.07 Å². The Bertz CT molecular complexity index is 787. The molecule has 3 fully saturated rings. The molecule has 0 unspecified atom stereocenters. The van der Waals surface area contributed by atoms with Gasteiger partial charge in [-0.25, -0.2) is 0 Å². The Morgan fingerprint density at radius 2 is 2.25 bits per heavy atom. The average Bonchev–Trinajstić information content (AvgIpc) is 3.08. The summed E-state index contributed by atoms with van der Waals surface area (Å²) in [5, 5.41) is 12.6. The van der Waals surface area contributed by atoms with Gasteiger partial charge in [0.2, 0.25) is 0 Å². The molecule has 1 N–H and O–H groups in total. The quantitative estimate of drug-likeness (QED) is 0.933. The summed E-state index contributed by atoms with van der Waals surface area (Å²) >= 11 is 1.37. The van der Waals surface area contributed by atoms with Gasteiger partial charge in [0.25, 0.3) is 5.91 Å². The van der Waals surface area contributed by atoms with Crippen molar-refractivity contribution in [3.05, 3.63) is 41.0 Å². The number of pyridine rings is 1. The average molecular weight is 338 g/mol. The summed E-state index contributed by atoms with van der Waals surface area (Å²) in [5.41, 5.74) is 1.37. The van der Waals surface area contributed by atoms with E-state index in [9.17, 15) is 10.1 Å². The van der Waals surface area contributed by atoms with Crippen LogP contribution in [0.4, 0.5) is 0 Å². The zero-order chi connectivity index (χ0) is 16.5. The monoisotopic (exact) mass is 338 g/mol. The molecule has 0 aromatic carbocycles. The predicted octanol–water partition coefficient (Wildman–Crippen LogP) is 2.51. The minimum Gasteiger partial charge on any atom is -0.347 e. The standard InChI is InChI=1S/C18H18N4OS/c19-9-14-8-16(13-2-1-5-20-10-13)24-17(14)18(23)21-15-11-22-6-3-12(15)4-7-22/h1-2,5,8,10,12,15H,3-4,6-7,11H2,(H,21,23)/t15-/m0/s1. The van der Waals surface area contributed by atoms with Gasteiger partial charge in [-0.3, -0.25) is 9.78 Å². The smallest absolute Gasteiger partial charge is 0.263 e. The summed E-state index contributed by atoms with van der Waals surface area (Å²) in [5.74, 6) is 0.452. The van der Waals surface area contributed by atoms with Crippen LogP contribution in [0.1, 0.15) is 28.1 Å². The highest BCUT2D eigenvalue weighted by Gasteiger charge is 2.35. The van der Waals surface area contributed by atoms with Crippen molar-refractivity contribution in [3.8, 4) is 16.5 Å². The number of hydrogen-bond acceptors (Lipinski definition) is 5. The first-order chi connectivity index (χ1) is 11.7. The van der Waals surface area contributed by atoms with E-state index in [0.29, 0.717) is 16.4 Å². The van der Waals surface area contributed by atoms with Crippen molar-refractivity contribution in [1.82, 2.24) is 15.2 Å². The molecule has 2 bridgehead atoms. The third-order valence-corrected chi connectivity index (χ3v) is 6.16. The number of nitrogens with one attached hydrogen (secondary N) is 1. The zero-order valence-corrected chi connectivity index (χ0v) is 14.1.